The third kappa shape index (κ3) is 8.24. The topological polar surface area (TPSA) is 89.2 Å². The first kappa shape index (κ1) is 27.1. The quantitative estimate of drug-likeness (QED) is 0.440. The van der Waals surface area contributed by atoms with Gasteiger partial charge in [-0.3, -0.25) is 0 Å². The number of ether oxygens (including phenoxy) is 1. The zero-order chi connectivity index (χ0) is 23.7. The van der Waals surface area contributed by atoms with Crippen LogP contribution < -0.4 is 5.32 Å². The van der Waals surface area contributed by atoms with Crippen LogP contribution in [0, 0.1) is 34.0 Å². The van der Waals surface area contributed by atoms with Crippen LogP contribution in [0.5, 0.6) is 0 Å². The number of carbonyl (C=O) groups is 1. The average Bonchev–Trinajstić information content (AvgIpc) is 3.14. The van der Waals surface area contributed by atoms with Crippen molar-refractivity contribution in [1.29, 1.82) is 10.5 Å². The second-order valence-corrected chi connectivity index (χ2v) is 10.4. The molecular weight excluding hydrogens is 408 g/mol. The highest BCUT2D eigenvalue weighted by molar-refractivity contribution is 8.07. The number of alkyl carbamates (subject to hydrolysis) is 1. The maximum absolute atomic E-state index is 12.0. The van der Waals surface area contributed by atoms with Crippen LogP contribution in [0.25, 0.3) is 0 Å². The van der Waals surface area contributed by atoms with E-state index in [1.807, 2.05) is 33.8 Å². The van der Waals surface area contributed by atoms with Crippen molar-refractivity contribution in [2.75, 3.05) is 19.6 Å². The van der Waals surface area contributed by atoms with Gasteiger partial charge in [-0.2, -0.15) is 10.5 Å². The highest BCUT2D eigenvalue weighted by Gasteiger charge is 2.39. The van der Waals surface area contributed by atoms with Crippen molar-refractivity contribution in [2.24, 2.45) is 11.3 Å². The van der Waals surface area contributed by atoms with Crippen molar-refractivity contribution >= 4 is 17.9 Å². The lowest BCUT2D eigenvalue weighted by molar-refractivity contribution is 0.0506. The van der Waals surface area contributed by atoms with Crippen LogP contribution >= 0.6 is 11.8 Å². The van der Waals surface area contributed by atoms with E-state index in [1.165, 1.54) is 11.8 Å². The summed E-state index contributed by atoms with van der Waals surface area (Å²) in [5.74, 6) is 0.169. The minimum Gasteiger partial charge on any atom is -0.444 e. The Bertz CT molecular complexity index is 744. The summed E-state index contributed by atoms with van der Waals surface area (Å²) in [6.07, 6.45) is 4.96. The van der Waals surface area contributed by atoms with Gasteiger partial charge in [0.1, 0.15) is 11.7 Å². The Morgan fingerprint density at radius 1 is 1.42 bits per heavy atom. The van der Waals surface area contributed by atoms with E-state index in [1.54, 1.807) is 0 Å². The first-order valence-corrected chi connectivity index (χ1v) is 11.9. The number of rotatable bonds is 10. The van der Waals surface area contributed by atoms with E-state index in [0.717, 1.165) is 50.2 Å². The highest BCUT2D eigenvalue weighted by atomic mass is 32.2. The summed E-state index contributed by atoms with van der Waals surface area (Å²) in [6.45, 7) is 18.1. The van der Waals surface area contributed by atoms with Crippen molar-refractivity contribution in [3.8, 4) is 12.1 Å². The number of nitriles is 2. The molecule has 3 unspecified atom stereocenters. The van der Waals surface area contributed by atoms with Gasteiger partial charge in [-0.15, -0.1) is 0 Å². The third-order valence-corrected chi connectivity index (χ3v) is 6.91. The van der Waals surface area contributed by atoms with Gasteiger partial charge in [0.25, 0.3) is 0 Å². The molecule has 0 aromatic heterocycles. The van der Waals surface area contributed by atoms with Crippen molar-refractivity contribution in [1.82, 2.24) is 10.2 Å². The Kier molecular flexibility index (Phi) is 10.6. The van der Waals surface area contributed by atoms with Gasteiger partial charge < -0.3 is 15.0 Å². The van der Waals surface area contributed by atoms with E-state index in [0.29, 0.717) is 4.91 Å². The number of carbonyl (C=O) groups excluding carboxylic acids is 1. The molecule has 3 atom stereocenters. The summed E-state index contributed by atoms with van der Waals surface area (Å²) < 4.78 is 5.35. The molecule has 0 radical (unpaired) electrons. The lowest BCUT2D eigenvalue weighted by Gasteiger charge is -2.35. The molecule has 1 fully saturated rings. The van der Waals surface area contributed by atoms with Gasteiger partial charge >= 0.3 is 6.09 Å². The Balaban J connectivity index is 2.71. The summed E-state index contributed by atoms with van der Waals surface area (Å²) in [7, 11) is 0. The molecule has 31 heavy (non-hydrogen) atoms. The van der Waals surface area contributed by atoms with Crippen molar-refractivity contribution in [2.45, 2.75) is 78.9 Å². The monoisotopic (exact) mass is 446 g/mol. The summed E-state index contributed by atoms with van der Waals surface area (Å²) in [5.41, 5.74) is -1.12. The highest BCUT2D eigenvalue weighted by Crippen LogP contribution is 2.48. The summed E-state index contributed by atoms with van der Waals surface area (Å²) >= 11 is 1.32. The molecule has 0 bridgehead atoms. The Hall–Kier alpha value is -1.96. The molecule has 1 rings (SSSR count). The number of likely N-dealkylation sites (tertiary alicyclic amines) is 1. The molecule has 1 amide bonds. The summed E-state index contributed by atoms with van der Waals surface area (Å²) in [6, 6.07) is 4.77. The van der Waals surface area contributed by atoms with E-state index < -0.39 is 11.0 Å². The Labute approximate surface area is 192 Å². The summed E-state index contributed by atoms with van der Waals surface area (Å²) in [5, 5.41) is 22.3. The van der Waals surface area contributed by atoms with Crippen molar-refractivity contribution in [3.05, 3.63) is 22.5 Å². The van der Waals surface area contributed by atoms with E-state index in [2.05, 4.69) is 42.8 Å². The number of hydrogen-bond acceptors (Lipinski definition) is 6. The fraction of sp³-hybridized carbons (Fsp3) is 0.708. The SMILES string of the molecule is C=C(C#N)S/C(=C\C)C(C#N)(CCCN1CCC(NC(=O)OC(C)(C)C)C1)C(C)CC. The molecular formula is C24H38N4O2S. The van der Waals surface area contributed by atoms with E-state index in [-0.39, 0.29) is 18.1 Å². The number of hydrogen-bond donors (Lipinski definition) is 1. The van der Waals surface area contributed by atoms with Gasteiger partial charge in [-0.1, -0.05) is 44.7 Å². The number of thioether (sulfide) groups is 1. The Morgan fingerprint density at radius 3 is 2.61 bits per heavy atom. The third-order valence-electron chi connectivity index (χ3n) is 5.75. The van der Waals surface area contributed by atoms with Crippen LogP contribution in [0.15, 0.2) is 22.5 Å². The predicted octanol–water partition coefficient (Wildman–Crippen LogP) is 5.60. The fourth-order valence-electron chi connectivity index (χ4n) is 3.95. The number of nitrogens with zero attached hydrogens (tertiary/aromatic N) is 3. The number of nitrogens with one attached hydrogen (secondary N) is 1. The smallest absolute Gasteiger partial charge is 0.407 e. The Morgan fingerprint density at radius 2 is 2.10 bits per heavy atom. The maximum atomic E-state index is 12.0. The lowest BCUT2D eigenvalue weighted by Crippen LogP contribution is -2.40. The molecule has 0 saturated carbocycles. The normalized spacial score (nSPS) is 20.3. The van der Waals surface area contributed by atoms with E-state index in [9.17, 15) is 10.1 Å². The number of allylic oxidation sites excluding steroid dienone is 3. The largest absolute Gasteiger partial charge is 0.444 e. The predicted molar refractivity (Wildman–Crippen MR) is 127 cm³/mol. The maximum Gasteiger partial charge on any atom is 0.407 e. The van der Waals surface area contributed by atoms with Crippen LogP contribution in [0.1, 0.15) is 67.2 Å². The molecule has 1 N–H and O–H groups in total. The average molecular weight is 447 g/mol. The van der Waals surface area contributed by atoms with Crippen LogP contribution in [0.2, 0.25) is 0 Å². The molecule has 0 spiro atoms. The molecule has 0 aliphatic carbocycles. The molecule has 0 aromatic rings. The molecule has 7 heteroatoms. The second kappa shape index (κ2) is 12.2. The van der Waals surface area contributed by atoms with Crippen LogP contribution in [0.3, 0.4) is 0 Å². The minimum absolute atomic E-state index is 0.0887. The first-order valence-electron chi connectivity index (χ1n) is 11.1. The van der Waals surface area contributed by atoms with Gasteiger partial charge in [0.05, 0.1) is 16.4 Å². The van der Waals surface area contributed by atoms with Gasteiger partial charge in [-0.25, -0.2) is 4.79 Å². The van der Waals surface area contributed by atoms with Crippen molar-refractivity contribution in [3.63, 3.8) is 0 Å². The van der Waals surface area contributed by atoms with Crippen LogP contribution in [-0.4, -0.2) is 42.3 Å². The van der Waals surface area contributed by atoms with Crippen LogP contribution in [0.4, 0.5) is 4.79 Å². The molecule has 1 saturated heterocycles. The molecule has 1 aliphatic heterocycles. The van der Waals surface area contributed by atoms with Gasteiger partial charge in [0, 0.05) is 24.0 Å². The van der Waals surface area contributed by atoms with Crippen LogP contribution in [-0.2, 0) is 4.74 Å². The molecule has 1 heterocycles. The lowest BCUT2D eigenvalue weighted by atomic mass is 9.72. The van der Waals surface area contributed by atoms with Gasteiger partial charge in [0.15, 0.2) is 0 Å². The standard InChI is InChI=1S/C24H38N4O2S/c1-8-18(3)24(17-26,21(9-2)31-19(4)15-25)12-10-13-28-14-11-20(16-28)27-22(29)30-23(5,6)7/h9,18,20H,4,8,10-14,16H2,1-3,5-7H3,(H,27,29)/b21-9-. The zero-order valence-corrected chi connectivity index (χ0v) is 20.8. The van der Waals surface area contributed by atoms with E-state index in [4.69, 9.17) is 10.00 Å². The molecule has 172 valence electrons. The number of amides is 1. The minimum atomic E-state index is -0.623. The van der Waals surface area contributed by atoms with Gasteiger partial charge in [0.2, 0.25) is 0 Å². The molecule has 6 nitrogen and oxygen atoms in total. The van der Waals surface area contributed by atoms with Crippen molar-refractivity contribution < 1.29 is 9.53 Å². The van der Waals surface area contributed by atoms with E-state index >= 15 is 0 Å². The fourth-order valence-corrected chi connectivity index (χ4v) is 4.91. The zero-order valence-electron chi connectivity index (χ0n) is 20.0. The first-order chi connectivity index (χ1) is 14.5. The second-order valence-electron chi connectivity index (χ2n) is 9.22. The summed E-state index contributed by atoms with van der Waals surface area (Å²) in [4.78, 5) is 15.7. The molecule has 0 aromatic carbocycles. The molecule has 1 aliphatic rings. The van der Waals surface area contributed by atoms with Gasteiger partial charge in [-0.05, 0) is 59.4 Å².